The van der Waals surface area contributed by atoms with Crippen LogP contribution in [0.15, 0.2) is 24.3 Å². The number of hydrogen-bond donors (Lipinski definition) is 1. The normalized spacial score (nSPS) is 14.9. The maximum absolute atomic E-state index is 11.6. The van der Waals surface area contributed by atoms with E-state index in [9.17, 15) is 9.59 Å². The van der Waals surface area contributed by atoms with Gasteiger partial charge >= 0.3 is 5.97 Å². The highest BCUT2D eigenvalue weighted by Gasteiger charge is 2.27. The summed E-state index contributed by atoms with van der Waals surface area (Å²) >= 11 is 0. The van der Waals surface area contributed by atoms with Gasteiger partial charge in [-0.2, -0.15) is 0 Å². The molecule has 4 heteroatoms. The Morgan fingerprint density at radius 3 is 2.71 bits per heavy atom. The van der Waals surface area contributed by atoms with E-state index >= 15 is 0 Å². The van der Waals surface area contributed by atoms with Crippen LogP contribution in [0.4, 0.5) is 5.69 Å². The molecule has 1 aromatic rings. The standard InChI is InChI=1S/C13H15NO3/c1-9(15)14-11-6-3-7-12(8-11)17-13(16)10-4-2-5-10/h3,6-8,10H,2,4-5H2,1H3,(H,14,15). The molecule has 1 fully saturated rings. The zero-order valence-electron chi connectivity index (χ0n) is 9.73. The number of anilines is 1. The number of amides is 1. The van der Waals surface area contributed by atoms with Crippen molar-refractivity contribution in [2.45, 2.75) is 26.2 Å². The molecule has 2 rings (SSSR count). The lowest BCUT2D eigenvalue weighted by Crippen LogP contribution is -2.26. The molecule has 0 aliphatic heterocycles. The van der Waals surface area contributed by atoms with Crippen molar-refractivity contribution in [1.82, 2.24) is 0 Å². The second kappa shape index (κ2) is 4.99. The lowest BCUT2D eigenvalue weighted by atomic mass is 9.86. The van der Waals surface area contributed by atoms with E-state index in [2.05, 4.69) is 5.32 Å². The van der Waals surface area contributed by atoms with Crippen LogP contribution in [-0.4, -0.2) is 11.9 Å². The Hall–Kier alpha value is -1.84. The SMILES string of the molecule is CC(=O)Nc1cccc(OC(=O)C2CCC2)c1. The van der Waals surface area contributed by atoms with Crippen molar-refractivity contribution in [2.24, 2.45) is 5.92 Å². The first-order valence-electron chi connectivity index (χ1n) is 5.74. The predicted molar refractivity (Wildman–Crippen MR) is 63.7 cm³/mol. The van der Waals surface area contributed by atoms with E-state index in [4.69, 9.17) is 4.74 Å². The van der Waals surface area contributed by atoms with E-state index in [1.807, 2.05) is 0 Å². The maximum Gasteiger partial charge on any atom is 0.314 e. The molecule has 0 saturated heterocycles. The first-order chi connectivity index (χ1) is 8.15. The van der Waals surface area contributed by atoms with E-state index in [0.717, 1.165) is 19.3 Å². The first kappa shape index (κ1) is 11.6. The van der Waals surface area contributed by atoms with Crippen LogP contribution < -0.4 is 10.1 Å². The Morgan fingerprint density at radius 2 is 2.12 bits per heavy atom. The average Bonchev–Trinajstić information content (AvgIpc) is 2.13. The average molecular weight is 233 g/mol. The summed E-state index contributed by atoms with van der Waals surface area (Å²) in [6, 6.07) is 6.86. The molecule has 1 amide bonds. The summed E-state index contributed by atoms with van der Waals surface area (Å²) in [6.45, 7) is 1.44. The first-order valence-corrected chi connectivity index (χ1v) is 5.74. The third-order valence-corrected chi connectivity index (χ3v) is 2.81. The highest BCUT2D eigenvalue weighted by atomic mass is 16.5. The van der Waals surface area contributed by atoms with Crippen LogP contribution in [0, 0.1) is 5.92 Å². The van der Waals surface area contributed by atoms with Crippen molar-refractivity contribution < 1.29 is 14.3 Å². The number of esters is 1. The number of benzene rings is 1. The second-order valence-corrected chi connectivity index (χ2v) is 4.26. The number of hydrogen-bond acceptors (Lipinski definition) is 3. The Kier molecular flexibility index (Phi) is 3.42. The van der Waals surface area contributed by atoms with Crippen molar-refractivity contribution in [1.29, 1.82) is 0 Å². The highest BCUT2D eigenvalue weighted by Crippen LogP contribution is 2.28. The molecule has 1 aromatic carbocycles. The summed E-state index contributed by atoms with van der Waals surface area (Å²) in [5.41, 5.74) is 0.636. The Labute approximate surface area is 100.0 Å². The second-order valence-electron chi connectivity index (χ2n) is 4.26. The largest absolute Gasteiger partial charge is 0.426 e. The number of rotatable bonds is 3. The van der Waals surface area contributed by atoms with Crippen molar-refractivity contribution in [3.05, 3.63) is 24.3 Å². The molecule has 4 nitrogen and oxygen atoms in total. The van der Waals surface area contributed by atoms with Gasteiger partial charge in [-0.3, -0.25) is 9.59 Å². The minimum Gasteiger partial charge on any atom is -0.426 e. The van der Waals surface area contributed by atoms with Crippen LogP contribution in [0.25, 0.3) is 0 Å². The van der Waals surface area contributed by atoms with E-state index < -0.39 is 0 Å². The van der Waals surface area contributed by atoms with Crippen LogP contribution in [0.2, 0.25) is 0 Å². The molecule has 0 atom stereocenters. The maximum atomic E-state index is 11.6. The van der Waals surface area contributed by atoms with Crippen LogP contribution >= 0.6 is 0 Å². The predicted octanol–water partition coefficient (Wildman–Crippen LogP) is 2.35. The molecule has 90 valence electrons. The van der Waals surface area contributed by atoms with Crippen LogP contribution in [0.5, 0.6) is 5.75 Å². The van der Waals surface area contributed by atoms with Gasteiger partial charge in [0, 0.05) is 18.7 Å². The number of carbonyl (C=O) groups is 2. The molecule has 0 spiro atoms. The summed E-state index contributed by atoms with van der Waals surface area (Å²) in [7, 11) is 0. The van der Waals surface area contributed by atoms with Crippen molar-refractivity contribution >= 4 is 17.6 Å². The van der Waals surface area contributed by atoms with Gasteiger partial charge in [-0.05, 0) is 25.0 Å². The van der Waals surface area contributed by atoms with E-state index in [0.29, 0.717) is 11.4 Å². The van der Waals surface area contributed by atoms with Gasteiger partial charge in [-0.15, -0.1) is 0 Å². The molecule has 0 radical (unpaired) electrons. The summed E-state index contributed by atoms with van der Waals surface area (Å²) in [5, 5.41) is 2.65. The topological polar surface area (TPSA) is 55.4 Å². The summed E-state index contributed by atoms with van der Waals surface area (Å²) in [6.07, 6.45) is 2.94. The van der Waals surface area contributed by atoms with Gasteiger partial charge in [0.05, 0.1) is 5.92 Å². The van der Waals surface area contributed by atoms with Gasteiger partial charge in [0.25, 0.3) is 0 Å². The lowest BCUT2D eigenvalue weighted by Gasteiger charge is -2.22. The summed E-state index contributed by atoms with van der Waals surface area (Å²) < 4.78 is 5.25. The summed E-state index contributed by atoms with van der Waals surface area (Å²) in [5.74, 6) is 0.219. The fourth-order valence-electron chi connectivity index (χ4n) is 1.68. The number of nitrogens with one attached hydrogen (secondary N) is 1. The molecule has 0 aromatic heterocycles. The summed E-state index contributed by atoms with van der Waals surface area (Å²) in [4.78, 5) is 22.5. The minimum absolute atomic E-state index is 0.0550. The highest BCUT2D eigenvalue weighted by molar-refractivity contribution is 5.89. The van der Waals surface area contributed by atoms with E-state index in [1.54, 1.807) is 24.3 Å². The van der Waals surface area contributed by atoms with Gasteiger partial charge in [0.1, 0.15) is 5.75 Å². The van der Waals surface area contributed by atoms with Gasteiger partial charge in [0.2, 0.25) is 5.91 Å². The van der Waals surface area contributed by atoms with E-state index in [1.165, 1.54) is 6.92 Å². The fourth-order valence-corrected chi connectivity index (χ4v) is 1.68. The third-order valence-electron chi connectivity index (χ3n) is 2.81. The number of ether oxygens (including phenoxy) is 1. The molecule has 1 aliphatic carbocycles. The minimum atomic E-state index is -0.170. The van der Waals surface area contributed by atoms with Crippen molar-refractivity contribution in [2.75, 3.05) is 5.32 Å². The molecule has 1 saturated carbocycles. The van der Waals surface area contributed by atoms with Crippen LogP contribution in [0.3, 0.4) is 0 Å². The van der Waals surface area contributed by atoms with E-state index in [-0.39, 0.29) is 17.8 Å². The molecular formula is C13H15NO3. The van der Waals surface area contributed by atoms with Crippen LogP contribution in [-0.2, 0) is 9.59 Å². The molecule has 17 heavy (non-hydrogen) atoms. The van der Waals surface area contributed by atoms with Crippen molar-refractivity contribution in [3.63, 3.8) is 0 Å². The van der Waals surface area contributed by atoms with Gasteiger partial charge in [-0.1, -0.05) is 12.5 Å². The van der Waals surface area contributed by atoms with Gasteiger partial charge < -0.3 is 10.1 Å². The smallest absolute Gasteiger partial charge is 0.314 e. The molecule has 1 N–H and O–H groups in total. The molecular weight excluding hydrogens is 218 g/mol. The molecule has 0 heterocycles. The zero-order chi connectivity index (χ0) is 12.3. The quantitative estimate of drug-likeness (QED) is 0.644. The molecule has 0 bridgehead atoms. The van der Waals surface area contributed by atoms with Gasteiger partial charge in [-0.25, -0.2) is 0 Å². The van der Waals surface area contributed by atoms with Crippen molar-refractivity contribution in [3.8, 4) is 5.75 Å². The Balaban J connectivity index is 2.00. The molecule has 1 aliphatic rings. The fraction of sp³-hybridized carbons (Fsp3) is 0.385. The lowest BCUT2D eigenvalue weighted by molar-refractivity contribution is -0.141. The monoisotopic (exact) mass is 233 g/mol. The zero-order valence-corrected chi connectivity index (χ0v) is 9.73. The number of carbonyl (C=O) groups excluding carboxylic acids is 2. The van der Waals surface area contributed by atoms with Crippen LogP contribution in [0.1, 0.15) is 26.2 Å². The molecule has 0 unspecified atom stereocenters. The third kappa shape index (κ3) is 3.06. The Bertz CT molecular complexity index is 438. The van der Waals surface area contributed by atoms with Gasteiger partial charge in [0.15, 0.2) is 0 Å². The Morgan fingerprint density at radius 1 is 1.35 bits per heavy atom.